The Hall–Kier alpha value is -3.14. The molecule has 40 heavy (non-hydrogen) atoms. The van der Waals surface area contributed by atoms with Crippen LogP contribution in [0.1, 0.15) is 80.2 Å². The smallest absolute Gasteiger partial charge is 0.458 e. The van der Waals surface area contributed by atoms with Crippen LogP contribution in [0, 0.1) is 23.7 Å². The first-order chi connectivity index (χ1) is 18.8. The molecule has 1 rings (SSSR count). The Morgan fingerprint density at radius 1 is 0.775 bits per heavy atom. The number of nitrogens with two attached hydrogens (primary N) is 1. The van der Waals surface area contributed by atoms with Gasteiger partial charge in [0.25, 0.3) is 0 Å². The summed E-state index contributed by atoms with van der Waals surface area (Å²) in [6.45, 7) is 14.9. The van der Waals surface area contributed by atoms with E-state index < -0.39 is 42.1 Å². The van der Waals surface area contributed by atoms with Crippen LogP contribution in [0.25, 0.3) is 0 Å². The minimum Gasteiger partial charge on any atom is -0.458 e. The van der Waals surface area contributed by atoms with Crippen LogP contribution in [0.3, 0.4) is 0 Å². The van der Waals surface area contributed by atoms with Crippen LogP contribution in [-0.2, 0) is 35.0 Å². The van der Waals surface area contributed by atoms with Crippen LogP contribution in [0.15, 0.2) is 18.2 Å². The third kappa shape index (κ3) is 12.4. The van der Waals surface area contributed by atoms with E-state index in [-0.39, 0.29) is 48.9 Å². The van der Waals surface area contributed by atoms with E-state index in [1.807, 2.05) is 34.6 Å². The molecule has 0 bridgehead atoms. The maximum atomic E-state index is 12.7. The van der Waals surface area contributed by atoms with Gasteiger partial charge in [-0.2, -0.15) is 0 Å². The number of unbranched alkanes of at least 4 members (excludes halogenated alkanes) is 2. The average Bonchev–Trinajstić information content (AvgIpc) is 2.89. The van der Waals surface area contributed by atoms with Crippen molar-refractivity contribution in [2.24, 2.45) is 29.4 Å². The Labute approximate surface area is 238 Å². The number of carbonyl (C=O) groups is 4. The molecule has 10 heteroatoms. The van der Waals surface area contributed by atoms with Crippen LogP contribution >= 0.6 is 0 Å². The maximum absolute atomic E-state index is 12.7. The van der Waals surface area contributed by atoms with E-state index in [0.717, 1.165) is 19.3 Å². The van der Waals surface area contributed by atoms with Crippen molar-refractivity contribution >= 4 is 24.1 Å². The molecule has 0 radical (unpaired) electrons. The van der Waals surface area contributed by atoms with E-state index in [4.69, 9.17) is 29.4 Å². The van der Waals surface area contributed by atoms with Crippen molar-refractivity contribution in [3.63, 3.8) is 0 Å². The summed E-state index contributed by atoms with van der Waals surface area (Å²) < 4.78 is 26.4. The van der Waals surface area contributed by atoms with Crippen molar-refractivity contribution in [2.45, 2.75) is 93.2 Å². The van der Waals surface area contributed by atoms with Gasteiger partial charge in [0, 0.05) is 0 Å². The molecule has 226 valence electrons. The summed E-state index contributed by atoms with van der Waals surface area (Å²) in [7, 11) is 0. The molecule has 0 fully saturated rings. The molecule has 0 amide bonds. The predicted molar refractivity (Wildman–Crippen MR) is 150 cm³/mol. The lowest BCUT2D eigenvalue weighted by atomic mass is 9.98. The zero-order chi connectivity index (χ0) is 30.4. The van der Waals surface area contributed by atoms with Gasteiger partial charge in [-0.1, -0.05) is 67.4 Å². The quantitative estimate of drug-likeness (QED) is 0.161. The van der Waals surface area contributed by atoms with Gasteiger partial charge >= 0.3 is 24.1 Å². The van der Waals surface area contributed by atoms with Crippen LogP contribution in [-0.4, -0.2) is 49.4 Å². The third-order valence-electron chi connectivity index (χ3n) is 6.65. The fraction of sp³-hybridized carbons (Fsp3) is 0.667. The first-order valence-electron chi connectivity index (χ1n) is 14.1. The molecule has 0 aliphatic heterocycles. The molecular weight excluding hydrogens is 518 g/mol. The number of hydrogen-bond donors (Lipinski definition) is 1. The first-order valence-corrected chi connectivity index (χ1v) is 14.1. The normalized spacial score (nSPS) is 14.2. The second-order valence-corrected chi connectivity index (χ2v) is 10.9. The van der Waals surface area contributed by atoms with Crippen molar-refractivity contribution in [1.82, 2.24) is 0 Å². The van der Waals surface area contributed by atoms with Gasteiger partial charge in [0.15, 0.2) is 11.5 Å². The van der Waals surface area contributed by atoms with Gasteiger partial charge in [-0.15, -0.1) is 0 Å². The predicted octanol–water partition coefficient (Wildman–Crippen LogP) is 5.23. The summed E-state index contributed by atoms with van der Waals surface area (Å²) in [5.41, 5.74) is 6.65. The molecule has 0 spiro atoms. The third-order valence-corrected chi connectivity index (χ3v) is 6.65. The second kappa shape index (κ2) is 17.5. The highest BCUT2D eigenvalue weighted by atomic mass is 16.7. The van der Waals surface area contributed by atoms with Crippen molar-refractivity contribution in [2.75, 3.05) is 13.2 Å². The molecule has 2 N–H and O–H groups in total. The Balaban J connectivity index is 2.87. The number of benzene rings is 1. The molecular formula is C30H47NO9. The van der Waals surface area contributed by atoms with E-state index in [1.54, 1.807) is 26.8 Å². The zero-order valence-corrected chi connectivity index (χ0v) is 25.2. The zero-order valence-electron chi connectivity index (χ0n) is 25.2. The average molecular weight is 566 g/mol. The van der Waals surface area contributed by atoms with Gasteiger partial charge in [0.1, 0.15) is 18.8 Å². The summed E-state index contributed by atoms with van der Waals surface area (Å²) in [4.78, 5) is 49.5. The molecule has 10 nitrogen and oxygen atoms in total. The number of rotatable bonds is 16. The van der Waals surface area contributed by atoms with Crippen LogP contribution in [0.2, 0.25) is 0 Å². The largest absolute Gasteiger partial charge is 0.508 e. The van der Waals surface area contributed by atoms with Gasteiger partial charge in [-0.05, 0) is 49.3 Å². The summed E-state index contributed by atoms with van der Waals surface area (Å²) in [5.74, 6) is -2.09. The van der Waals surface area contributed by atoms with Crippen LogP contribution < -0.4 is 15.2 Å². The summed E-state index contributed by atoms with van der Waals surface area (Å²) in [5, 5.41) is 0. The fourth-order valence-corrected chi connectivity index (χ4v) is 3.18. The molecule has 1 aromatic carbocycles. The lowest BCUT2D eigenvalue weighted by molar-refractivity contribution is -0.152. The van der Waals surface area contributed by atoms with E-state index in [1.165, 1.54) is 12.1 Å². The van der Waals surface area contributed by atoms with Crippen LogP contribution in [0.4, 0.5) is 4.79 Å². The van der Waals surface area contributed by atoms with Gasteiger partial charge in [0.2, 0.25) is 0 Å². The monoisotopic (exact) mass is 565 g/mol. The molecule has 0 aliphatic rings. The standard InChI is InChI=1S/C30H47NO9/c1-9-10-11-14-36-30(35)37-17-20(6)38-29(34)24(31)15-23-12-13-25(39-27(32)21(7)18(2)3)26(16-23)40-28(33)22(8)19(4)5/h12-13,16,18-22,24H,9-11,14-15,17,31H2,1-8H3/t20-,21?,22?,24-/m0/s1. The molecule has 0 heterocycles. The Bertz CT molecular complexity index is 976. The highest BCUT2D eigenvalue weighted by molar-refractivity contribution is 5.79. The van der Waals surface area contributed by atoms with Gasteiger partial charge in [-0.25, -0.2) is 4.79 Å². The molecule has 0 aromatic heterocycles. The minimum absolute atomic E-state index is 0.0414. The summed E-state index contributed by atoms with van der Waals surface area (Å²) in [6, 6.07) is 3.64. The van der Waals surface area contributed by atoms with Crippen molar-refractivity contribution in [3.05, 3.63) is 23.8 Å². The fourth-order valence-electron chi connectivity index (χ4n) is 3.18. The SMILES string of the molecule is CCCCCOC(=O)OC[C@H](C)OC(=O)[C@@H](N)Cc1ccc(OC(=O)C(C)C(C)C)c(OC(=O)C(C)C(C)C)c1. The van der Waals surface area contributed by atoms with E-state index in [0.29, 0.717) is 5.56 Å². The first kappa shape index (κ1) is 34.9. The van der Waals surface area contributed by atoms with Gasteiger partial charge < -0.3 is 29.4 Å². The molecule has 4 atom stereocenters. The highest BCUT2D eigenvalue weighted by Gasteiger charge is 2.25. The Kier molecular flexibility index (Phi) is 15.3. The Morgan fingerprint density at radius 2 is 1.35 bits per heavy atom. The van der Waals surface area contributed by atoms with E-state index in [9.17, 15) is 19.2 Å². The minimum atomic E-state index is -1.05. The number of hydrogen-bond acceptors (Lipinski definition) is 10. The van der Waals surface area contributed by atoms with E-state index in [2.05, 4.69) is 0 Å². The van der Waals surface area contributed by atoms with Crippen LogP contribution in [0.5, 0.6) is 11.5 Å². The second-order valence-electron chi connectivity index (χ2n) is 10.9. The summed E-state index contributed by atoms with van der Waals surface area (Å²) >= 11 is 0. The highest BCUT2D eigenvalue weighted by Crippen LogP contribution is 2.31. The molecule has 0 saturated heterocycles. The van der Waals surface area contributed by atoms with Crippen molar-refractivity contribution < 1.29 is 42.9 Å². The molecule has 0 saturated carbocycles. The van der Waals surface area contributed by atoms with E-state index >= 15 is 0 Å². The maximum Gasteiger partial charge on any atom is 0.508 e. The topological polar surface area (TPSA) is 140 Å². The summed E-state index contributed by atoms with van der Waals surface area (Å²) in [6.07, 6.45) is 1.22. The molecule has 1 aromatic rings. The molecule has 0 aliphatic carbocycles. The molecule has 2 unspecified atom stereocenters. The number of ether oxygens (including phenoxy) is 5. The number of carbonyl (C=O) groups excluding carboxylic acids is 4. The van der Waals surface area contributed by atoms with Crippen molar-refractivity contribution in [3.8, 4) is 11.5 Å². The van der Waals surface area contributed by atoms with Gasteiger partial charge in [0.05, 0.1) is 18.4 Å². The lowest BCUT2D eigenvalue weighted by Crippen LogP contribution is -2.37. The Morgan fingerprint density at radius 3 is 1.90 bits per heavy atom. The lowest BCUT2D eigenvalue weighted by Gasteiger charge is -2.19. The van der Waals surface area contributed by atoms with Gasteiger partial charge in [-0.3, -0.25) is 14.4 Å². The van der Waals surface area contributed by atoms with Crippen molar-refractivity contribution in [1.29, 1.82) is 0 Å². The number of esters is 3.